The molecule has 9 heteroatoms. The molecule has 4 rings (SSSR count). The van der Waals surface area contributed by atoms with E-state index in [2.05, 4.69) is 23.0 Å². The number of nitrogens with zero attached hydrogens (tertiary/aromatic N) is 1. The van der Waals surface area contributed by atoms with Crippen LogP contribution in [0.4, 0.5) is 16.2 Å². The number of aryl methyl sites for hydroxylation is 1. The maximum atomic E-state index is 13.6. The first kappa shape index (κ1) is 29.5. The van der Waals surface area contributed by atoms with Crippen LogP contribution in [-0.4, -0.2) is 32.1 Å². The summed E-state index contributed by atoms with van der Waals surface area (Å²) in [7, 11) is -3.38. The van der Waals surface area contributed by atoms with Crippen LogP contribution in [0.1, 0.15) is 50.4 Å². The summed E-state index contributed by atoms with van der Waals surface area (Å²) < 4.78 is 31.8. The minimum atomic E-state index is -3.38. The first-order valence-corrected chi connectivity index (χ1v) is 15.8. The molecule has 40 heavy (non-hydrogen) atoms. The van der Waals surface area contributed by atoms with Crippen molar-refractivity contribution in [1.29, 1.82) is 0 Å². The van der Waals surface area contributed by atoms with Crippen LogP contribution in [0.2, 0.25) is 5.02 Å². The quantitative estimate of drug-likeness (QED) is 0.164. The molecule has 212 valence electrons. The third-order valence-electron chi connectivity index (χ3n) is 6.64. The highest BCUT2D eigenvalue weighted by molar-refractivity contribution is 7.92. The highest BCUT2D eigenvalue weighted by atomic mass is 35.5. The van der Waals surface area contributed by atoms with E-state index in [4.69, 9.17) is 16.0 Å². The molecule has 4 aromatic rings. The SMILES string of the molecule is CCCCCCCN(Cc1oc2ccc(C)cc2c1-c1ccc(Cl)cc1)C(=O)Nc1ccc(NS(C)(=O)=O)cc1. The number of fused-ring (bicyclic) bond motifs is 1. The zero-order valence-electron chi connectivity index (χ0n) is 23.2. The molecule has 0 fully saturated rings. The molecule has 0 unspecified atom stereocenters. The molecule has 0 bridgehead atoms. The van der Waals surface area contributed by atoms with Crippen LogP contribution in [-0.2, 0) is 16.6 Å². The van der Waals surface area contributed by atoms with Gasteiger partial charge in [0.15, 0.2) is 0 Å². The van der Waals surface area contributed by atoms with Gasteiger partial charge < -0.3 is 14.6 Å². The Morgan fingerprint density at radius 2 is 1.60 bits per heavy atom. The van der Waals surface area contributed by atoms with Crippen molar-refractivity contribution < 1.29 is 17.6 Å². The summed E-state index contributed by atoms with van der Waals surface area (Å²) in [5.41, 5.74) is 4.81. The minimum absolute atomic E-state index is 0.252. The molecule has 0 aliphatic rings. The Morgan fingerprint density at radius 3 is 2.27 bits per heavy atom. The van der Waals surface area contributed by atoms with E-state index in [-0.39, 0.29) is 6.03 Å². The average Bonchev–Trinajstić information content (AvgIpc) is 3.25. The van der Waals surface area contributed by atoms with Crippen molar-refractivity contribution in [2.24, 2.45) is 0 Å². The second kappa shape index (κ2) is 13.2. The molecule has 0 atom stereocenters. The molecule has 0 saturated heterocycles. The van der Waals surface area contributed by atoms with E-state index in [1.54, 1.807) is 29.2 Å². The van der Waals surface area contributed by atoms with Gasteiger partial charge in [-0.1, -0.05) is 68.0 Å². The summed E-state index contributed by atoms with van der Waals surface area (Å²) in [6.45, 7) is 5.08. The Balaban J connectivity index is 1.62. The van der Waals surface area contributed by atoms with E-state index >= 15 is 0 Å². The lowest BCUT2D eigenvalue weighted by Gasteiger charge is -2.23. The number of hydrogen-bond donors (Lipinski definition) is 2. The summed E-state index contributed by atoms with van der Waals surface area (Å²) >= 11 is 6.18. The number of amides is 2. The summed E-state index contributed by atoms with van der Waals surface area (Å²) in [5.74, 6) is 0.708. The van der Waals surface area contributed by atoms with Gasteiger partial charge in [-0.2, -0.15) is 0 Å². The number of hydrogen-bond acceptors (Lipinski definition) is 4. The third-order valence-corrected chi connectivity index (χ3v) is 7.50. The molecule has 0 radical (unpaired) electrons. The Labute approximate surface area is 241 Å². The van der Waals surface area contributed by atoms with E-state index in [9.17, 15) is 13.2 Å². The number of nitrogens with one attached hydrogen (secondary N) is 2. The Kier molecular flexibility index (Phi) is 9.76. The third kappa shape index (κ3) is 8.02. The zero-order chi connectivity index (χ0) is 28.7. The van der Waals surface area contributed by atoms with Crippen LogP contribution in [0.5, 0.6) is 0 Å². The maximum absolute atomic E-state index is 13.6. The van der Waals surface area contributed by atoms with Crippen LogP contribution >= 0.6 is 11.6 Å². The normalized spacial score (nSPS) is 11.5. The number of carbonyl (C=O) groups excluding carboxylic acids is 1. The maximum Gasteiger partial charge on any atom is 0.322 e. The van der Waals surface area contributed by atoms with Gasteiger partial charge in [-0.05, 0) is 67.4 Å². The molecular formula is C31H36ClN3O4S. The van der Waals surface area contributed by atoms with Gasteiger partial charge in [0.2, 0.25) is 10.0 Å². The largest absolute Gasteiger partial charge is 0.459 e. The number of halogens is 1. The van der Waals surface area contributed by atoms with Crippen molar-refractivity contribution in [3.05, 3.63) is 83.1 Å². The fourth-order valence-corrected chi connectivity index (χ4v) is 5.37. The van der Waals surface area contributed by atoms with Gasteiger partial charge in [0.05, 0.1) is 12.8 Å². The topological polar surface area (TPSA) is 91.7 Å². The van der Waals surface area contributed by atoms with Crippen molar-refractivity contribution in [3.8, 4) is 11.1 Å². The van der Waals surface area contributed by atoms with E-state index in [0.29, 0.717) is 35.2 Å². The number of benzene rings is 3. The van der Waals surface area contributed by atoms with Gasteiger partial charge in [-0.3, -0.25) is 4.72 Å². The van der Waals surface area contributed by atoms with Crippen LogP contribution in [0.15, 0.2) is 71.1 Å². The van der Waals surface area contributed by atoms with E-state index in [1.807, 2.05) is 43.3 Å². The molecule has 1 aromatic heterocycles. The molecule has 2 amide bonds. The average molecular weight is 582 g/mol. The number of unbranched alkanes of at least 4 members (excludes halogenated alkanes) is 4. The number of carbonyl (C=O) groups is 1. The monoisotopic (exact) mass is 581 g/mol. The van der Waals surface area contributed by atoms with Gasteiger partial charge in [0.1, 0.15) is 11.3 Å². The summed E-state index contributed by atoms with van der Waals surface area (Å²) in [6.07, 6.45) is 6.45. The van der Waals surface area contributed by atoms with Gasteiger partial charge >= 0.3 is 6.03 Å². The predicted octanol–water partition coefficient (Wildman–Crippen LogP) is 8.44. The first-order valence-electron chi connectivity index (χ1n) is 13.5. The lowest BCUT2D eigenvalue weighted by atomic mass is 10.0. The summed E-state index contributed by atoms with van der Waals surface area (Å²) in [6, 6.07) is 20.1. The van der Waals surface area contributed by atoms with Gasteiger partial charge in [-0.15, -0.1) is 0 Å². The standard InChI is InChI=1S/C31H36ClN3O4S/c1-4-5-6-7-8-19-35(31(36)33-25-14-16-26(17-15-25)34-40(3,37)38)21-29-30(23-10-12-24(32)13-11-23)27-20-22(2)9-18-28(27)39-29/h9-18,20,34H,4-8,19,21H2,1-3H3,(H,33,36). The zero-order valence-corrected chi connectivity index (χ0v) is 24.7. The fraction of sp³-hybridized carbons (Fsp3) is 0.323. The van der Waals surface area contributed by atoms with Crippen LogP contribution in [0.3, 0.4) is 0 Å². The fourth-order valence-electron chi connectivity index (χ4n) is 4.68. The predicted molar refractivity (Wildman–Crippen MR) is 164 cm³/mol. The number of anilines is 2. The molecule has 0 saturated carbocycles. The van der Waals surface area contributed by atoms with Gasteiger partial charge in [-0.25, -0.2) is 13.2 Å². The lowest BCUT2D eigenvalue weighted by Crippen LogP contribution is -2.35. The van der Waals surface area contributed by atoms with Gasteiger partial charge in [0.25, 0.3) is 0 Å². The molecule has 0 aliphatic heterocycles. The highest BCUT2D eigenvalue weighted by Gasteiger charge is 2.22. The number of furan rings is 1. The van der Waals surface area contributed by atoms with Crippen LogP contribution in [0, 0.1) is 6.92 Å². The second-order valence-corrected chi connectivity index (χ2v) is 12.3. The Bertz CT molecular complexity index is 1550. The minimum Gasteiger partial charge on any atom is -0.459 e. The van der Waals surface area contributed by atoms with E-state index < -0.39 is 10.0 Å². The Morgan fingerprint density at radius 1 is 0.925 bits per heavy atom. The van der Waals surface area contributed by atoms with Crippen molar-refractivity contribution in [3.63, 3.8) is 0 Å². The van der Waals surface area contributed by atoms with Crippen molar-refractivity contribution >= 4 is 50.0 Å². The molecule has 0 aliphatic carbocycles. The van der Waals surface area contributed by atoms with Crippen LogP contribution < -0.4 is 10.0 Å². The Hall–Kier alpha value is -3.49. The second-order valence-electron chi connectivity index (χ2n) is 10.1. The lowest BCUT2D eigenvalue weighted by molar-refractivity contribution is 0.203. The molecular weight excluding hydrogens is 546 g/mol. The number of sulfonamides is 1. The first-order chi connectivity index (χ1) is 19.1. The highest BCUT2D eigenvalue weighted by Crippen LogP contribution is 2.37. The van der Waals surface area contributed by atoms with Crippen molar-refractivity contribution in [2.45, 2.75) is 52.5 Å². The van der Waals surface area contributed by atoms with Crippen molar-refractivity contribution in [2.75, 3.05) is 22.8 Å². The van der Waals surface area contributed by atoms with Crippen LogP contribution in [0.25, 0.3) is 22.1 Å². The molecule has 2 N–H and O–H groups in total. The summed E-state index contributed by atoms with van der Waals surface area (Å²) in [4.78, 5) is 15.3. The number of rotatable bonds is 12. The number of urea groups is 1. The molecule has 0 spiro atoms. The van der Waals surface area contributed by atoms with Crippen molar-refractivity contribution in [1.82, 2.24) is 4.90 Å². The smallest absolute Gasteiger partial charge is 0.322 e. The van der Waals surface area contributed by atoms with Gasteiger partial charge in [0, 0.05) is 33.9 Å². The molecule has 7 nitrogen and oxygen atoms in total. The van der Waals surface area contributed by atoms with E-state index in [1.165, 1.54) is 6.42 Å². The molecule has 3 aromatic carbocycles. The summed E-state index contributed by atoms with van der Waals surface area (Å²) in [5, 5.41) is 4.61. The van der Waals surface area contributed by atoms with E-state index in [0.717, 1.165) is 59.6 Å². The molecule has 1 heterocycles.